The highest BCUT2D eigenvalue weighted by molar-refractivity contribution is 7.90. The third-order valence-electron chi connectivity index (χ3n) is 4.20. The van der Waals surface area contributed by atoms with Crippen LogP contribution in [0.3, 0.4) is 0 Å². The van der Waals surface area contributed by atoms with E-state index in [1.807, 2.05) is 12.3 Å². The maximum Gasteiger partial charge on any atom is 0.230 e. The summed E-state index contributed by atoms with van der Waals surface area (Å²) < 4.78 is 28.4. The van der Waals surface area contributed by atoms with Crippen LogP contribution in [0.15, 0.2) is 58.2 Å². The van der Waals surface area contributed by atoms with E-state index in [4.69, 9.17) is 4.52 Å². The molecule has 1 saturated carbocycles. The van der Waals surface area contributed by atoms with Crippen molar-refractivity contribution in [2.45, 2.75) is 23.2 Å². The highest BCUT2D eigenvalue weighted by atomic mass is 32.2. The van der Waals surface area contributed by atoms with Gasteiger partial charge in [0.05, 0.1) is 4.90 Å². The normalized spacial score (nSPS) is 20.0. The first-order valence-electron chi connectivity index (χ1n) is 7.56. The predicted molar refractivity (Wildman–Crippen MR) is 87.2 cm³/mol. The summed E-state index contributed by atoms with van der Waals surface area (Å²) in [4.78, 5) is 8.87. The first-order chi connectivity index (χ1) is 11.5. The first kappa shape index (κ1) is 15.0. The van der Waals surface area contributed by atoms with Crippen LogP contribution < -0.4 is 0 Å². The lowest BCUT2D eigenvalue weighted by molar-refractivity contribution is 0.378. The summed E-state index contributed by atoms with van der Waals surface area (Å²) in [5.41, 5.74) is 1.91. The zero-order chi connectivity index (χ0) is 16.7. The molecule has 0 saturated heterocycles. The summed E-state index contributed by atoms with van der Waals surface area (Å²) in [6, 6.07) is 10.5. The van der Waals surface area contributed by atoms with Crippen molar-refractivity contribution in [3.63, 3.8) is 0 Å². The zero-order valence-corrected chi connectivity index (χ0v) is 13.8. The Labute approximate surface area is 139 Å². The van der Waals surface area contributed by atoms with Crippen LogP contribution in [0.2, 0.25) is 0 Å². The van der Waals surface area contributed by atoms with E-state index in [1.165, 1.54) is 11.8 Å². The van der Waals surface area contributed by atoms with Crippen LogP contribution in [0.5, 0.6) is 0 Å². The smallest absolute Gasteiger partial charge is 0.230 e. The lowest BCUT2D eigenvalue weighted by Gasteiger charge is -1.98. The number of nitrogens with zero attached hydrogens (tertiary/aromatic N) is 3. The van der Waals surface area contributed by atoms with E-state index in [-0.39, 0.29) is 10.8 Å². The molecule has 0 N–H and O–H groups in total. The van der Waals surface area contributed by atoms with Crippen LogP contribution in [-0.4, -0.2) is 29.8 Å². The standard InChI is InChI=1S/C17H15N3O3S/c1-24(21,22)13-6-4-11(5-7-13)16-19-17(23-20-16)15-9-14(15)12-3-2-8-18-10-12/h2-8,10,14-15H,9H2,1H3. The van der Waals surface area contributed by atoms with E-state index in [2.05, 4.69) is 21.2 Å². The monoisotopic (exact) mass is 341 g/mol. The molecule has 0 aliphatic heterocycles. The third-order valence-corrected chi connectivity index (χ3v) is 5.33. The van der Waals surface area contributed by atoms with Gasteiger partial charge in [0.15, 0.2) is 9.84 Å². The van der Waals surface area contributed by atoms with Gasteiger partial charge in [-0.3, -0.25) is 4.98 Å². The van der Waals surface area contributed by atoms with E-state index in [0.717, 1.165) is 12.0 Å². The number of hydrogen-bond acceptors (Lipinski definition) is 6. The zero-order valence-electron chi connectivity index (χ0n) is 13.0. The third kappa shape index (κ3) is 2.82. The van der Waals surface area contributed by atoms with Crippen molar-refractivity contribution in [2.24, 2.45) is 0 Å². The van der Waals surface area contributed by atoms with E-state index in [9.17, 15) is 8.42 Å². The molecule has 2 atom stereocenters. The Bertz CT molecular complexity index is 966. The topological polar surface area (TPSA) is 86.0 Å². The van der Waals surface area contributed by atoms with Crippen LogP contribution in [0, 0.1) is 0 Å². The van der Waals surface area contributed by atoms with Crippen molar-refractivity contribution < 1.29 is 12.9 Å². The second kappa shape index (κ2) is 5.52. The van der Waals surface area contributed by atoms with E-state index < -0.39 is 9.84 Å². The number of rotatable bonds is 4. The van der Waals surface area contributed by atoms with Gasteiger partial charge < -0.3 is 4.52 Å². The Morgan fingerprint density at radius 2 is 1.92 bits per heavy atom. The maximum atomic E-state index is 11.5. The molecule has 2 heterocycles. The SMILES string of the molecule is CS(=O)(=O)c1ccc(-c2noc(C3CC3c3cccnc3)n2)cc1. The Hall–Kier alpha value is -2.54. The summed E-state index contributed by atoms with van der Waals surface area (Å²) in [5.74, 6) is 1.69. The number of aromatic nitrogens is 3. The average Bonchev–Trinajstić information content (AvgIpc) is 3.24. The molecule has 1 aromatic carbocycles. The van der Waals surface area contributed by atoms with Crippen molar-refractivity contribution in [2.75, 3.05) is 6.26 Å². The fourth-order valence-corrected chi connectivity index (χ4v) is 3.42. The summed E-state index contributed by atoms with van der Waals surface area (Å²) in [6.07, 6.45) is 5.78. The van der Waals surface area contributed by atoms with Crippen molar-refractivity contribution in [3.05, 3.63) is 60.2 Å². The molecule has 2 aromatic heterocycles. The molecule has 122 valence electrons. The Kier molecular flexibility index (Phi) is 3.45. The highest BCUT2D eigenvalue weighted by Crippen LogP contribution is 2.54. The molecule has 7 heteroatoms. The molecule has 0 radical (unpaired) electrons. The molecule has 24 heavy (non-hydrogen) atoms. The maximum absolute atomic E-state index is 11.5. The second-order valence-electron chi connectivity index (χ2n) is 5.99. The van der Waals surface area contributed by atoms with Crippen molar-refractivity contribution in [1.29, 1.82) is 0 Å². The molecule has 4 rings (SSSR count). The fourth-order valence-electron chi connectivity index (χ4n) is 2.79. The van der Waals surface area contributed by atoms with Gasteiger partial charge in [-0.15, -0.1) is 0 Å². The minimum atomic E-state index is -3.21. The highest BCUT2D eigenvalue weighted by Gasteiger charge is 2.43. The molecule has 1 aliphatic carbocycles. The van der Waals surface area contributed by atoms with E-state index in [1.54, 1.807) is 30.5 Å². The molecule has 2 unspecified atom stereocenters. The van der Waals surface area contributed by atoms with Gasteiger partial charge in [-0.05, 0) is 48.2 Å². The van der Waals surface area contributed by atoms with Gasteiger partial charge in [-0.25, -0.2) is 8.42 Å². The number of sulfone groups is 1. The molecule has 6 nitrogen and oxygen atoms in total. The average molecular weight is 341 g/mol. The van der Waals surface area contributed by atoms with Gasteiger partial charge in [-0.1, -0.05) is 11.2 Å². The summed E-state index contributed by atoms with van der Waals surface area (Å²) in [5, 5.41) is 4.02. The van der Waals surface area contributed by atoms with Gasteiger partial charge in [-0.2, -0.15) is 4.98 Å². The Balaban J connectivity index is 1.54. The molecule has 0 bridgehead atoms. The van der Waals surface area contributed by atoms with Gasteiger partial charge in [0, 0.05) is 30.1 Å². The lowest BCUT2D eigenvalue weighted by Crippen LogP contribution is -1.96. The van der Waals surface area contributed by atoms with Crippen LogP contribution >= 0.6 is 0 Å². The van der Waals surface area contributed by atoms with E-state index >= 15 is 0 Å². The first-order valence-corrected chi connectivity index (χ1v) is 9.45. The molecule has 1 fully saturated rings. The Morgan fingerprint density at radius 1 is 1.12 bits per heavy atom. The molecule has 3 aromatic rings. The molecule has 0 amide bonds. The largest absolute Gasteiger partial charge is 0.339 e. The Morgan fingerprint density at radius 3 is 2.58 bits per heavy atom. The minimum absolute atomic E-state index is 0.228. The second-order valence-corrected chi connectivity index (χ2v) is 8.00. The number of pyridine rings is 1. The fraction of sp³-hybridized carbons (Fsp3) is 0.235. The number of hydrogen-bond donors (Lipinski definition) is 0. The molecule has 0 spiro atoms. The van der Waals surface area contributed by atoms with Crippen molar-refractivity contribution in [1.82, 2.24) is 15.1 Å². The summed E-state index contributed by atoms with van der Waals surface area (Å²) in [6.45, 7) is 0. The van der Waals surface area contributed by atoms with Crippen LogP contribution in [-0.2, 0) is 9.84 Å². The van der Waals surface area contributed by atoms with Gasteiger partial charge >= 0.3 is 0 Å². The van der Waals surface area contributed by atoms with Gasteiger partial charge in [0.1, 0.15) is 0 Å². The van der Waals surface area contributed by atoms with Gasteiger partial charge in [0.25, 0.3) is 0 Å². The van der Waals surface area contributed by atoms with Crippen molar-refractivity contribution in [3.8, 4) is 11.4 Å². The summed E-state index contributed by atoms with van der Waals surface area (Å²) in [7, 11) is -3.21. The van der Waals surface area contributed by atoms with Crippen LogP contribution in [0.4, 0.5) is 0 Å². The molecular weight excluding hydrogens is 326 g/mol. The van der Waals surface area contributed by atoms with Crippen molar-refractivity contribution >= 4 is 9.84 Å². The lowest BCUT2D eigenvalue weighted by atomic mass is 10.1. The van der Waals surface area contributed by atoms with Crippen LogP contribution in [0.25, 0.3) is 11.4 Å². The minimum Gasteiger partial charge on any atom is -0.339 e. The van der Waals surface area contributed by atoms with E-state index in [0.29, 0.717) is 17.6 Å². The molecule has 1 aliphatic rings. The predicted octanol–water partition coefficient (Wildman–Crippen LogP) is 2.81. The summed E-state index contributed by atoms with van der Waals surface area (Å²) >= 11 is 0. The number of benzene rings is 1. The van der Waals surface area contributed by atoms with Gasteiger partial charge in [0.2, 0.25) is 11.7 Å². The quantitative estimate of drug-likeness (QED) is 0.725. The van der Waals surface area contributed by atoms with Crippen LogP contribution in [0.1, 0.15) is 29.7 Å². The molecular formula is C17H15N3O3S.